The first-order valence-electron chi connectivity index (χ1n) is 11.9. The number of ether oxygens (including phenoxy) is 1. The van der Waals surface area contributed by atoms with Crippen LogP contribution in [0.1, 0.15) is 28.8 Å². The zero-order valence-electron chi connectivity index (χ0n) is 20.8. The molecule has 0 saturated carbocycles. The topological polar surface area (TPSA) is 80.6 Å². The molecule has 0 aliphatic heterocycles. The highest BCUT2D eigenvalue weighted by Gasteiger charge is 2.27. The number of nitrogens with one attached hydrogen (secondary N) is 2. The van der Waals surface area contributed by atoms with Gasteiger partial charge >= 0.3 is 12.4 Å². The van der Waals surface area contributed by atoms with E-state index in [2.05, 4.69) is 20.7 Å². The van der Waals surface area contributed by atoms with Gasteiger partial charge in [-0.2, -0.15) is 26.3 Å². The number of hydrogen-bond donors (Lipinski definition) is 2. The molecule has 4 aromatic rings. The third-order valence-corrected chi connectivity index (χ3v) is 5.65. The molecule has 0 saturated heterocycles. The molecule has 0 aliphatic rings. The van der Waals surface area contributed by atoms with Gasteiger partial charge in [-0.05, 0) is 36.8 Å². The van der Waals surface area contributed by atoms with Crippen LogP contribution in [0.5, 0.6) is 11.6 Å². The lowest BCUT2D eigenvalue weighted by molar-refractivity contribution is -0.133. The highest BCUT2D eigenvalue weighted by Crippen LogP contribution is 2.30. The first kappa shape index (κ1) is 28.6. The third-order valence-electron chi connectivity index (χ3n) is 5.65. The Labute approximate surface area is 223 Å². The highest BCUT2D eigenvalue weighted by atomic mass is 19.4. The van der Waals surface area contributed by atoms with Crippen LogP contribution in [-0.4, -0.2) is 45.9 Å². The molecule has 1 amide bonds. The molecule has 0 aliphatic carbocycles. The molecule has 4 rings (SSSR count). The fourth-order valence-electron chi connectivity index (χ4n) is 3.80. The van der Waals surface area contributed by atoms with Gasteiger partial charge in [0.2, 0.25) is 5.88 Å². The number of carbonyl (C=O) groups excluding carboxylic acids is 1. The summed E-state index contributed by atoms with van der Waals surface area (Å²) in [7, 11) is 0. The normalized spacial score (nSPS) is 12.0. The van der Waals surface area contributed by atoms with Crippen molar-refractivity contribution in [3.05, 3.63) is 71.7 Å². The Balaban J connectivity index is 1.66. The smallest absolute Gasteiger partial charge is 0.390 e. The van der Waals surface area contributed by atoms with Crippen LogP contribution < -0.4 is 15.4 Å². The van der Waals surface area contributed by atoms with Crippen molar-refractivity contribution in [2.75, 3.05) is 18.4 Å². The van der Waals surface area contributed by atoms with Crippen molar-refractivity contribution in [3.63, 3.8) is 0 Å². The van der Waals surface area contributed by atoms with Crippen LogP contribution in [0.15, 0.2) is 54.7 Å². The lowest BCUT2D eigenvalue weighted by atomic mass is 10.0. The molecule has 2 N–H and O–H groups in total. The molecule has 2 heterocycles. The maximum absolute atomic E-state index is 13.7. The molecule has 0 fully saturated rings. The number of anilines is 1. The van der Waals surface area contributed by atoms with Crippen LogP contribution >= 0.6 is 0 Å². The summed E-state index contributed by atoms with van der Waals surface area (Å²) in [5, 5.41) is 9.28. The van der Waals surface area contributed by atoms with Crippen molar-refractivity contribution >= 4 is 17.2 Å². The number of benzene rings is 2. The first-order valence-corrected chi connectivity index (χ1v) is 11.9. The number of aryl methyl sites for hydroxylation is 1. The second-order valence-corrected chi connectivity index (χ2v) is 8.78. The molecule has 0 atom stereocenters. The monoisotopic (exact) mass is 569 g/mol. The molecule has 2 aromatic heterocycles. The average Bonchev–Trinajstić information content (AvgIpc) is 3.26. The Bertz CT molecular complexity index is 1520. The molecule has 7 nitrogen and oxygen atoms in total. The van der Waals surface area contributed by atoms with E-state index in [1.807, 2.05) is 0 Å². The van der Waals surface area contributed by atoms with E-state index in [-0.39, 0.29) is 28.5 Å². The van der Waals surface area contributed by atoms with Gasteiger partial charge in [0.05, 0.1) is 30.4 Å². The van der Waals surface area contributed by atoms with E-state index in [0.29, 0.717) is 16.8 Å². The van der Waals surface area contributed by atoms with E-state index in [1.165, 1.54) is 47.1 Å². The van der Waals surface area contributed by atoms with Crippen molar-refractivity contribution in [1.29, 1.82) is 0 Å². The van der Waals surface area contributed by atoms with Crippen LogP contribution in [0, 0.1) is 12.7 Å². The number of fused-ring (bicyclic) bond motifs is 1. The summed E-state index contributed by atoms with van der Waals surface area (Å²) in [6.45, 7) is 0.572. The fraction of sp³-hybridized carbons (Fsp3) is 0.269. The third kappa shape index (κ3) is 7.39. The summed E-state index contributed by atoms with van der Waals surface area (Å²) >= 11 is 0. The van der Waals surface area contributed by atoms with Crippen molar-refractivity contribution in [2.24, 2.45) is 0 Å². The summed E-state index contributed by atoms with van der Waals surface area (Å²) in [4.78, 5) is 16.7. The number of nitrogens with zero attached hydrogens (tertiary/aromatic N) is 3. The second kappa shape index (κ2) is 11.4. The second-order valence-electron chi connectivity index (χ2n) is 8.78. The Kier molecular flexibility index (Phi) is 8.16. The summed E-state index contributed by atoms with van der Waals surface area (Å²) in [5.41, 5.74) is 1.86. The number of imidazole rings is 1. The van der Waals surface area contributed by atoms with Crippen LogP contribution in [-0.2, 0) is 0 Å². The SMILES string of the molecule is Cc1cc(-c2cnc3c(NCCC(F)(F)F)cc(Oc4cccc(F)c4)nn23)ccc1C(=O)NCCC(F)(F)F. The lowest BCUT2D eigenvalue weighted by Gasteiger charge is -2.13. The van der Waals surface area contributed by atoms with E-state index < -0.39 is 50.0 Å². The Morgan fingerprint density at radius 2 is 1.70 bits per heavy atom. The Morgan fingerprint density at radius 1 is 0.975 bits per heavy atom. The summed E-state index contributed by atoms with van der Waals surface area (Å²) in [5.74, 6) is -1.20. The van der Waals surface area contributed by atoms with E-state index in [0.717, 1.165) is 6.07 Å². The van der Waals surface area contributed by atoms with E-state index in [4.69, 9.17) is 4.74 Å². The summed E-state index contributed by atoms with van der Waals surface area (Å²) in [6.07, 6.45) is -9.65. The molecular weight excluding hydrogens is 547 g/mol. The Hall–Kier alpha value is -4.36. The minimum atomic E-state index is -4.40. The van der Waals surface area contributed by atoms with E-state index in [9.17, 15) is 35.5 Å². The number of carbonyl (C=O) groups is 1. The Morgan fingerprint density at radius 3 is 2.38 bits per heavy atom. The molecule has 2 aromatic carbocycles. The highest BCUT2D eigenvalue weighted by molar-refractivity contribution is 5.96. The van der Waals surface area contributed by atoms with Crippen LogP contribution in [0.25, 0.3) is 16.9 Å². The molecule has 14 heteroatoms. The molecule has 40 heavy (non-hydrogen) atoms. The minimum Gasteiger partial charge on any atom is -0.437 e. The molecule has 0 bridgehead atoms. The zero-order chi connectivity index (χ0) is 29.1. The van der Waals surface area contributed by atoms with Gasteiger partial charge in [0, 0.05) is 36.3 Å². The summed E-state index contributed by atoms with van der Waals surface area (Å²) in [6, 6.07) is 11.1. The van der Waals surface area contributed by atoms with Crippen LogP contribution in [0.2, 0.25) is 0 Å². The van der Waals surface area contributed by atoms with Gasteiger partial charge < -0.3 is 15.4 Å². The van der Waals surface area contributed by atoms with Gasteiger partial charge in [-0.1, -0.05) is 12.1 Å². The van der Waals surface area contributed by atoms with Gasteiger partial charge in [0.15, 0.2) is 5.65 Å². The molecular formula is C26H22F7N5O2. The van der Waals surface area contributed by atoms with E-state index >= 15 is 0 Å². The number of amides is 1. The standard InChI is InChI=1S/C26H22F7N5O2/c1-15-11-16(5-6-19(15)24(39)35-10-8-26(31,32)33)21-14-36-23-20(34-9-7-25(28,29)30)13-22(37-38(21)23)40-18-4-2-3-17(27)12-18/h2-6,11-14,34H,7-10H2,1H3,(H,35,39). The predicted molar refractivity (Wildman–Crippen MR) is 132 cm³/mol. The predicted octanol–water partition coefficient (Wildman–Crippen LogP) is 6.68. The maximum Gasteiger partial charge on any atom is 0.390 e. The quantitative estimate of drug-likeness (QED) is 0.220. The van der Waals surface area contributed by atoms with Gasteiger partial charge in [-0.15, -0.1) is 5.10 Å². The van der Waals surface area contributed by atoms with Crippen LogP contribution in [0.4, 0.5) is 36.4 Å². The van der Waals surface area contributed by atoms with Gasteiger partial charge in [-0.3, -0.25) is 4.79 Å². The minimum absolute atomic E-state index is 0.0655. The number of rotatable bonds is 9. The van der Waals surface area contributed by atoms with Crippen molar-refractivity contribution < 1.29 is 40.3 Å². The average molecular weight is 569 g/mol. The number of aromatic nitrogens is 3. The number of hydrogen-bond acceptors (Lipinski definition) is 5. The van der Waals surface area contributed by atoms with Crippen LogP contribution in [0.3, 0.4) is 0 Å². The van der Waals surface area contributed by atoms with E-state index in [1.54, 1.807) is 13.0 Å². The van der Waals surface area contributed by atoms with Crippen molar-refractivity contribution in [3.8, 4) is 22.9 Å². The number of halogens is 7. The van der Waals surface area contributed by atoms with Gasteiger partial charge in [0.1, 0.15) is 11.6 Å². The fourth-order valence-corrected chi connectivity index (χ4v) is 3.80. The van der Waals surface area contributed by atoms with Crippen molar-refractivity contribution in [1.82, 2.24) is 19.9 Å². The summed E-state index contributed by atoms with van der Waals surface area (Å²) < 4.78 is 96.0. The largest absolute Gasteiger partial charge is 0.437 e. The molecule has 0 radical (unpaired) electrons. The zero-order valence-corrected chi connectivity index (χ0v) is 20.8. The molecule has 212 valence electrons. The molecule has 0 unspecified atom stereocenters. The van der Waals surface area contributed by atoms with Gasteiger partial charge in [0.25, 0.3) is 5.91 Å². The number of alkyl halides is 6. The lowest BCUT2D eigenvalue weighted by Crippen LogP contribution is -2.28. The maximum atomic E-state index is 13.7. The first-order chi connectivity index (χ1) is 18.8. The van der Waals surface area contributed by atoms with Crippen molar-refractivity contribution in [2.45, 2.75) is 32.1 Å². The molecule has 0 spiro atoms. The van der Waals surface area contributed by atoms with Gasteiger partial charge in [-0.25, -0.2) is 13.9 Å².